The minimum atomic E-state index is -3.25. The van der Waals surface area contributed by atoms with E-state index in [1.165, 1.54) is 10.4 Å². The minimum Gasteiger partial charge on any atom is -0.326 e. The Labute approximate surface area is 159 Å². The molecule has 0 aromatic heterocycles. The summed E-state index contributed by atoms with van der Waals surface area (Å²) < 4.78 is 39.5. The predicted molar refractivity (Wildman–Crippen MR) is 105 cm³/mol. The zero-order valence-electron chi connectivity index (χ0n) is 15.2. The highest BCUT2D eigenvalue weighted by molar-refractivity contribution is 7.92. The van der Waals surface area contributed by atoms with Crippen LogP contribution in [0.5, 0.6) is 0 Å². The Bertz CT molecular complexity index is 913. The number of carbonyl (C=O) groups excluding carboxylic acids is 1. The fourth-order valence-electron chi connectivity index (χ4n) is 3.14. The van der Waals surface area contributed by atoms with E-state index in [-0.39, 0.29) is 17.5 Å². The smallest absolute Gasteiger partial charge is 0.235 e. The summed E-state index contributed by atoms with van der Waals surface area (Å²) in [6, 6.07) is 13.2. The second-order valence-corrected chi connectivity index (χ2v) is 8.84. The molecule has 1 N–H and O–H groups in total. The number of halogens is 1. The van der Waals surface area contributed by atoms with E-state index in [4.69, 9.17) is 0 Å². The van der Waals surface area contributed by atoms with Crippen molar-refractivity contribution in [2.24, 2.45) is 5.92 Å². The van der Waals surface area contributed by atoms with Crippen molar-refractivity contribution in [2.75, 3.05) is 21.9 Å². The van der Waals surface area contributed by atoms with Crippen LogP contribution in [0.2, 0.25) is 0 Å². The predicted octanol–water partition coefficient (Wildman–Crippen LogP) is 3.57. The SMILES string of the molecule is CC(Cc1ccccc1F)C(=O)Nc1ccc(N2CCCCS2(=O)=O)cc1. The lowest BCUT2D eigenvalue weighted by Crippen LogP contribution is -2.37. The summed E-state index contributed by atoms with van der Waals surface area (Å²) in [5, 5.41) is 2.80. The molecule has 1 fully saturated rings. The highest BCUT2D eigenvalue weighted by Gasteiger charge is 2.26. The van der Waals surface area contributed by atoms with Gasteiger partial charge in [0.15, 0.2) is 0 Å². The quantitative estimate of drug-likeness (QED) is 0.849. The lowest BCUT2D eigenvalue weighted by Gasteiger charge is -2.28. The zero-order chi connectivity index (χ0) is 19.4. The lowest BCUT2D eigenvalue weighted by molar-refractivity contribution is -0.119. The number of carbonyl (C=O) groups is 1. The van der Waals surface area contributed by atoms with Crippen LogP contribution in [0.3, 0.4) is 0 Å². The van der Waals surface area contributed by atoms with E-state index >= 15 is 0 Å². The van der Waals surface area contributed by atoms with Crippen LogP contribution in [0, 0.1) is 11.7 Å². The number of benzene rings is 2. The maximum atomic E-state index is 13.7. The van der Waals surface area contributed by atoms with Crippen molar-refractivity contribution in [3.8, 4) is 0 Å². The van der Waals surface area contributed by atoms with Gasteiger partial charge >= 0.3 is 0 Å². The van der Waals surface area contributed by atoms with Crippen molar-refractivity contribution in [3.05, 3.63) is 59.9 Å². The second kappa shape index (κ2) is 8.08. The van der Waals surface area contributed by atoms with Crippen LogP contribution in [0.4, 0.5) is 15.8 Å². The molecule has 7 heteroatoms. The summed E-state index contributed by atoms with van der Waals surface area (Å²) >= 11 is 0. The summed E-state index contributed by atoms with van der Waals surface area (Å²) in [6.07, 6.45) is 1.83. The molecule has 0 aliphatic carbocycles. The average molecular weight is 390 g/mol. The monoisotopic (exact) mass is 390 g/mol. The second-order valence-electron chi connectivity index (χ2n) is 6.83. The summed E-state index contributed by atoms with van der Waals surface area (Å²) in [5.74, 6) is -0.760. The van der Waals surface area contributed by atoms with Gasteiger partial charge in [-0.05, 0) is 55.2 Å². The molecule has 0 spiro atoms. The maximum Gasteiger partial charge on any atom is 0.235 e. The van der Waals surface area contributed by atoms with E-state index < -0.39 is 15.9 Å². The Hall–Kier alpha value is -2.41. The molecule has 1 saturated heterocycles. The van der Waals surface area contributed by atoms with Crippen LogP contribution in [0.25, 0.3) is 0 Å². The molecule has 144 valence electrons. The fraction of sp³-hybridized carbons (Fsp3) is 0.350. The maximum absolute atomic E-state index is 13.7. The fourth-order valence-corrected chi connectivity index (χ4v) is 4.78. The molecule has 0 saturated carbocycles. The molecule has 1 unspecified atom stereocenters. The standard InChI is InChI=1S/C20H23FN2O3S/c1-15(14-16-6-2-3-7-19(16)21)20(24)22-17-8-10-18(11-9-17)23-12-4-5-13-27(23,25)26/h2-3,6-11,15H,4-5,12-14H2,1H3,(H,22,24). The summed E-state index contributed by atoms with van der Waals surface area (Å²) in [7, 11) is -3.25. The number of nitrogens with one attached hydrogen (secondary N) is 1. The topological polar surface area (TPSA) is 66.5 Å². The van der Waals surface area contributed by atoms with Crippen LogP contribution < -0.4 is 9.62 Å². The van der Waals surface area contributed by atoms with E-state index in [1.807, 2.05) is 0 Å². The van der Waals surface area contributed by atoms with Crippen molar-refractivity contribution < 1.29 is 17.6 Å². The first kappa shape index (κ1) is 19.4. The molecule has 1 atom stereocenters. The third kappa shape index (κ3) is 4.66. The van der Waals surface area contributed by atoms with Crippen molar-refractivity contribution in [1.29, 1.82) is 0 Å². The van der Waals surface area contributed by atoms with Gasteiger partial charge in [0, 0.05) is 18.2 Å². The Morgan fingerprint density at radius 3 is 2.52 bits per heavy atom. The molecule has 1 amide bonds. The minimum absolute atomic E-state index is 0.166. The Morgan fingerprint density at radius 1 is 1.15 bits per heavy atom. The van der Waals surface area contributed by atoms with E-state index in [2.05, 4.69) is 5.32 Å². The van der Waals surface area contributed by atoms with Gasteiger partial charge in [0.2, 0.25) is 15.9 Å². The third-order valence-electron chi connectivity index (χ3n) is 4.70. The Morgan fingerprint density at radius 2 is 1.85 bits per heavy atom. The van der Waals surface area contributed by atoms with Crippen LogP contribution in [0.1, 0.15) is 25.3 Å². The van der Waals surface area contributed by atoms with Crippen LogP contribution in [-0.4, -0.2) is 26.6 Å². The Kier molecular flexibility index (Phi) is 5.79. The van der Waals surface area contributed by atoms with E-state index in [9.17, 15) is 17.6 Å². The molecular formula is C20H23FN2O3S. The average Bonchev–Trinajstić information content (AvgIpc) is 2.64. The van der Waals surface area contributed by atoms with Crippen molar-refractivity contribution in [3.63, 3.8) is 0 Å². The third-order valence-corrected chi connectivity index (χ3v) is 6.57. The molecule has 5 nitrogen and oxygen atoms in total. The largest absolute Gasteiger partial charge is 0.326 e. The van der Waals surface area contributed by atoms with Crippen LogP contribution in [-0.2, 0) is 21.2 Å². The molecule has 2 aromatic carbocycles. The first-order chi connectivity index (χ1) is 12.9. The number of rotatable bonds is 5. The molecular weight excluding hydrogens is 367 g/mol. The highest BCUT2D eigenvalue weighted by atomic mass is 32.2. The molecule has 0 radical (unpaired) electrons. The molecule has 27 heavy (non-hydrogen) atoms. The van der Waals surface area contributed by atoms with E-state index in [0.717, 1.165) is 6.42 Å². The van der Waals surface area contributed by atoms with E-state index in [1.54, 1.807) is 49.4 Å². The van der Waals surface area contributed by atoms with Gasteiger partial charge in [-0.15, -0.1) is 0 Å². The normalized spacial score (nSPS) is 17.3. The number of sulfonamides is 1. The van der Waals surface area contributed by atoms with Gasteiger partial charge in [0.25, 0.3) is 0 Å². The molecule has 0 bridgehead atoms. The first-order valence-electron chi connectivity index (χ1n) is 9.01. The summed E-state index contributed by atoms with van der Waals surface area (Å²) in [5.41, 5.74) is 1.69. The van der Waals surface area contributed by atoms with Gasteiger partial charge in [-0.25, -0.2) is 12.8 Å². The van der Waals surface area contributed by atoms with Crippen LogP contribution in [0.15, 0.2) is 48.5 Å². The van der Waals surface area contributed by atoms with Crippen molar-refractivity contribution >= 4 is 27.3 Å². The number of hydrogen-bond acceptors (Lipinski definition) is 3. The first-order valence-corrected chi connectivity index (χ1v) is 10.6. The van der Waals surface area contributed by atoms with Crippen molar-refractivity contribution in [1.82, 2.24) is 0 Å². The molecule has 3 rings (SSSR count). The van der Waals surface area contributed by atoms with Crippen LogP contribution >= 0.6 is 0 Å². The van der Waals surface area contributed by atoms with Crippen molar-refractivity contribution in [2.45, 2.75) is 26.2 Å². The number of anilines is 2. The van der Waals surface area contributed by atoms with Gasteiger partial charge in [-0.1, -0.05) is 25.1 Å². The van der Waals surface area contributed by atoms with E-state index in [0.29, 0.717) is 36.3 Å². The van der Waals surface area contributed by atoms with Gasteiger partial charge in [-0.2, -0.15) is 0 Å². The molecule has 1 heterocycles. The number of nitrogens with zero attached hydrogens (tertiary/aromatic N) is 1. The lowest BCUT2D eigenvalue weighted by atomic mass is 10.00. The zero-order valence-corrected chi connectivity index (χ0v) is 16.0. The van der Waals surface area contributed by atoms with Gasteiger partial charge < -0.3 is 5.32 Å². The highest BCUT2D eigenvalue weighted by Crippen LogP contribution is 2.25. The molecule has 1 aliphatic rings. The molecule has 2 aromatic rings. The Balaban J connectivity index is 1.64. The van der Waals surface area contributed by atoms with Gasteiger partial charge in [0.1, 0.15) is 5.82 Å². The number of hydrogen-bond donors (Lipinski definition) is 1. The number of amides is 1. The summed E-state index contributed by atoms with van der Waals surface area (Å²) in [4.78, 5) is 12.4. The van der Waals surface area contributed by atoms with Gasteiger partial charge in [-0.3, -0.25) is 9.10 Å². The van der Waals surface area contributed by atoms with Gasteiger partial charge in [0.05, 0.1) is 11.4 Å². The molecule has 1 aliphatic heterocycles. The summed E-state index contributed by atoms with van der Waals surface area (Å²) in [6.45, 7) is 2.23.